The summed E-state index contributed by atoms with van der Waals surface area (Å²) in [6.07, 6.45) is 0. The van der Waals surface area contributed by atoms with Crippen molar-refractivity contribution in [3.05, 3.63) is 41.2 Å². The lowest BCUT2D eigenvalue weighted by Gasteiger charge is -2.24. The summed E-state index contributed by atoms with van der Waals surface area (Å²) in [4.78, 5) is 24.6. The van der Waals surface area contributed by atoms with Crippen LogP contribution in [0.4, 0.5) is 0 Å². The summed E-state index contributed by atoms with van der Waals surface area (Å²) in [6, 6.07) is 5.98. The average molecular weight is 277 g/mol. The third-order valence-corrected chi connectivity index (χ3v) is 3.24. The molecule has 20 heavy (non-hydrogen) atoms. The summed E-state index contributed by atoms with van der Waals surface area (Å²) < 4.78 is 5.10. The summed E-state index contributed by atoms with van der Waals surface area (Å²) >= 11 is 0. The summed E-state index contributed by atoms with van der Waals surface area (Å²) in [6.45, 7) is 0.675. The molecule has 1 amide bonds. The van der Waals surface area contributed by atoms with Gasteiger partial charge in [0.15, 0.2) is 11.5 Å². The Labute approximate surface area is 115 Å². The first kappa shape index (κ1) is 14.1. The van der Waals surface area contributed by atoms with Gasteiger partial charge in [0.2, 0.25) is 0 Å². The first-order valence-electron chi connectivity index (χ1n) is 6.01. The fourth-order valence-corrected chi connectivity index (χ4v) is 2.32. The number of carbonyl (C=O) groups is 2. The van der Waals surface area contributed by atoms with E-state index in [9.17, 15) is 19.8 Å². The number of hydrogen-bond donors (Lipinski definition) is 2. The molecule has 0 aliphatic carbocycles. The first-order valence-corrected chi connectivity index (χ1v) is 6.01. The van der Waals surface area contributed by atoms with Crippen molar-refractivity contribution >= 4 is 11.7 Å². The Hall–Kier alpha value is -2.34. The van der Waals surface area contributed by atoms with E-state index in [2.05, 4.69) is 0 Å². The van der Waals surface area contributed by atoms with Crippen LogP contribution in [-0.4, -0.2) is 40.6 Å². The van der Waals surface area contributed by atoms with Gasteiger partial charge in [-0.1, -0.05) is 12.1 Å². The molecule has 0 saturated carbocycles. The van der Waals surface area contributed by atoms with Gasteiger partial charge < -0.3 is 19.8 Å². The topological polar surface area (TPSA) is 87.1 Å². The molecule has 0 unspecified atom stereocenters. The van der Waals surface area contributed by atoms with E-state index in [0.717, 1.165) is 4.90 Å². The van der Waals surface area contributed by atoms with E-state index >= 15 is 0 Å². The van der Waals surface area contributed by atoms with E-state index in [-0.39, 0.29) is 5.57 Å². The number of methoxy groups -OCH3 is 1. The Morgan fingerprint density at radius 1 is 1.45 bits per heavy atom. The van der Waals surface area contributed by atoms with Gasteiger partial charge >= 0.3 is 0 Å². The van der Waals surface area contributed by atoms with E-state index in [1.54, 1.807) is 24.3 Å². The molecule has 1 heterocycles. The summed E-state index contributed by atoms with van der Waals surface area (Å²) in [7, 11) is 1.50. The molecule has 2 rings (SSSR count). The highest BCUT2D eigenvalue weighted by atomic mass is 16.5. The molecule has 1 aromatic rings. The number of nitrogens with zero attached hydrogens (tertiary/aromatic N) is 1. The molecule has 0 aromatic heterocycles. The third kappa shape index (κ3) is 2.14. The largest absolute Gasteiger partial charge is 0.503 e. The standard InChI is InChI=1S/C14H15NO5/c1-8(17)11-12(15(7-16)14(19)13(11)18)9-4-3-5-10(6-9)20-2/h3-6,12,16,18H,7H2,1-2H3/t12-/m0/s1. The van der Waals surface area contributed by atoms with E-state index in [1.165, 1.54) is 14.0 Å². The number of ketones is 1. The Balaban J connectivity index is 2.55. The third-order valence-electron chi connectivity index (χ3n) is 3.24. The van der Waals surface area contributed by atoms with E-state index in [0.29, 0.717) is 11.3 Å². The van der Waals surface area contributed by atoms with Crippen molar-refractivity contribution in [3.8, 4) is 5.75 Å². The smallest absolute Gasteiger partial charge is 0.291 e. The van der Waals surface area contributed by atoms with Crippen molar-refractivity contribution in [2.75, 3.05) is 13.8 Å². The van der Waals surface area contributed by atoms with Crippen LogP contribution in [0.2, 0.25) is 0 Å². The Morgan fingerprint density at radius 2 is 2.15 bits per heavy atom. The minimum atomic E-state index is -0.805. The average Bonchev–Trinajstić information content (AvgIpc) is 2.71. The quantitative estimate of drug-likeness (QED) is 0.855. The second-order valence-electron chi connectivity index (χ2n) is 4.41. The number of aliphatic hydroxyl groups is 2. The van der Waals surface area contributed by atoms with Crippen molar-refractivity contribution in [1.29, 1.82) is 0 Å². The maximum atomic E-state index is 11.9. The van der Waals surface area contributed by atoms with Crippen LogP contribution < -0.4 is 4.74 Å². The zero-order chi connectivity index (χ0) is 14.9. The maximum Gasteiger partial charge on any atom is 0.291 e. The molecule has 1 atom stereocenters. The highest BCUT2D eigenvalue weighted by molar-refractivity contribution is 6.08. The Bertz CT molecular complexity index is 593. The first-order chi connectivity index (χ1) is 9.51. The Kier molecular flexibility index (Phi) is 3.76. The van der Waals surface area contributed by atoms with Gasteiger partial charge in [0.05, 0.1) is 18.7 Å². The van der Waals surface area contributed by atoms with E-state index < -0.39 is 30.2 Å². The lowest BCUT2D eigenvalue weighted by Crippen LogP contribution is -2.31. The highest BCUT2D eigenvalue weighted by Gasteiger charge is 2.42. The van der Waals surface area contributed by atoms with Crippen LogP contribution in [-0.2, 0) is 9.59 Å². The summed E-state index contributed by atoms with van der Waals surface area (Å²) in [5.41, 5.74) is 0.568. The van der Waals surface area contributed by atoms with Gasteiger partial charge in [0.25, 0.3) is 5.91 Å². The van der Waals surface area contributed by atoms with Gasteiger partial charge in [-0.15, -0.1) is 0 Å². The van der Waals surface area contributed by atoms with E-state index in [1.807, 2.05) is 0 Å². The minimum absolute atomic E-state index is 0.0164. The number of Topliss-reactive ketones (excluding diaryl/α,β-unsaturated/α-hetero) is 1. The molecule has 2 N–H and O–H groups in total. The second-order valence-corrected chi connectivity index (χ2v) is 4.41. The van der Waals surface area contributed by atoms with Gasteiger partial charge in [0.1, 0.15) is 12.5 Å². The van der Waals surface area contributed by atoms with Crippen LogP contribution in [0.15, 0.2) is 35.6 Å². The predicted octanol–water partition coefficient (Wildman–Crippen LogP) is 0.929. The molecule has 0 spiro atoms. The van der Waals surface area contributed by atoms with Gasteiger partial charge in [0, 0.05) is 0 Å². The molecule has 0 saturated heterocycles. The van der Waals surface area contributed by atoms with Crippen LogP contribution in [0.25, 0.3) is 0 Å². The maximum absolute atomic E-state index is 11.9. The number of carbonyl (C=O) groups excluding carboxylic acids is 2. The molecule has 1 aromatic carbocycles. The fraction of sp³-hybridized carbons (Fsp3) is 0.286. The zero-order valence-electron chi connectivity index (χ0n) is 11.2. The van der Waals surface area contributed by atoms with Gasteiger partial charge in [-0.25, -0.2) is 0 Å². The molecule has 1 aliphatic heterocycles. The molecule has 106 valence electrons. The van der Waals surface area contributed by atoms with Gasteiger partial charge in [-0.3, -0.25) is 9.59 Å². The summed E-state index contributed by atoms with van der Waals surface area (Å²) in [5.74, 6) is -1.23. The van der Waals surface area contributed by atoms with Crippen LogP contribution in [0, 0.1) is 0 Å². The number of amides is 1. The van der Waals surface area contributed by atoms with Crippen molar-refractivity contribution in [2.45, 2.75) is 13.0 Å². The van der Waals surface area contributed by atoms with E-state index in [4.69, 9.17) is 4.74 Å². The molecule has 1 aliphatic rings. The summed E-state index contributed by atoms with van der Waals surface area (Å²) in [5, 5.41) is 19.1. The number of aliphatic hydroxyl groups excluding tert-OH is 2. The highest BCUT2D eigenvalue weighted by Crippen LogP contribution is 2.38. The fourth-order valence-electron chi connectivity index (χ4n) is 2.32. The zero-order valence-corrected chi connectivity index (χ0v) is 11.2. The molecular formula is C14H15NO5. The number of ether oxygens (including phenoxy) is 1. The van der Waals surface area contributed by atoms with Crippen LogP contribution in [0.3, 0.4) is 0 Å². The van der Waals surface area contributed by atoms with Crippen molar-refractivity contribution in [3.63, 3.8) is 0 Å². The molecule has 0 bridgehead atoms. The van der Waals surface area contributed by atoms with Gasteiger partial charge in [-0.05, 0) is 24.6 Å². The van der Waals surface area contributed by atoms with Crippen LogP contribution >= 0.6 is 0 Å². The predicted molar refractivity (Wildman–Crippen MR) is 70.0 cm³/mol. The molecular weight excluding hydrogens is 262 g/mol. The molecule has 6 nitrogen and oxygen atoms in total. The van der Waals surface area contributed by atoms with Crippen molar-refractivity contribution in [1.82, 2.24) is 4.90 Å². The normalized spacial score (nSPS) is 18.6. The number of hydrogen-bond acceptors (Lipinski definition) is 5. The number of benzene rings is 1. The molecule has 0 fully saturated rings. The molecule has 6 heteroatoms. The Morgan fingerprint density at radius 3 is 2.70 bits per heavy atom. The van der Waals surface area contributed by atoms with Crippen molar-refractivity contribution < 1.29 is 24.5 Å². The number of rotatable bonds is 4. The second kappa shape index (κ2) is 5.34. The van der Waals surface area contributed by atoms with Gasteiger partial charge in [-0.2, -0.15) is 0 Å². The van der Waals surface area contributed by atoms with Crippen molar-refractivity contribution in [2.24, 2.45) is 0 Å². The van der Waals surface area contributed by atoms with Crippen LogP contribution in [0.5, 0.6) is 5.75 Å². The SMILES string of the molecule is COc1cccc([C@H]2C(C(C)=O)=C(O)C(=O)N2CO)c1. The van der Waals surface area contributed by atoms with Crippen LogP contribution in [0.1, 0.15) is 18.5 Å². The monoisotopic (exact) mass is 277 g/mol. The lowest BCUT2D eigenvalue weighted by atomic mass is 9.97. The lowest BCUT2D eigenvalue weighted by molar-refractivity contribution is -0.133. The molecule has 0 radical (unpaired) electrons. The minimum Gasteiger partial charge on any atom is -0.503 e.